The van der Waals surface area contributed by atoms with Gasteiger partial charge in [0.05, 0.1) is 19.4 Å². The molecule has 0 saturated carbocycles. The summed E-state index contributed by atoms with van der Waals surface area (Å²) < 4.78 is 5.28. The van der Waals surface area contributed by atoms with Crippen LogP contribution < -0.4 is 10.5 Å². The van der Waals surface area contributed by atoms with Gasteiger partial charge in [0, 0.05) is 13.1 Å². The molecule has 0 spiro atoms. The Bertz CT molecular complexity index is 542. The minimum absolute atomic E-state index is 0.0341. The third-order valence-corrected chi connectivity index (χ3v) is 4.00. The highest BCUT2D eigenvalue weighted by atomic mass is 16.5. The standard InChI is InChI=1S/C16H22N2O3/c1-11-5-6-12(8-14(11)21-2)9-15(19)18-7-3-4-13(10-18)16(17)20/h5-6,8,13H,3-4,7,9-10H2,1-2H3,(H2,17,20)/t13-/m0/s1. The Morgan fingerprint density at radius 3 is 2.86 bits per heavy atom. The molecular formula is C16H22N2O3. The highest BCUT2D eigenvalue weighted by Gasteiger charge is 2.26. The summed E-state index contributed by atoms with van der Waals surface area (Å²) in [5, 5.41) is 0. The number of piperidine rings is 1. The normalized spacial score (nSPS) is 18.4. The van der Waals surface area contributed by atoms with Gasteiger partial charge >= 0.3 is 0 Å². The van der Waals surface area contributed by atoms with Crippen LogP contribution in [0.3, 0.4) is 0 Å². The molecule has 1 heterocycles. The SMILES string of the molecule is COc1cc(CC(=O)N2CCC[C@H](C(N)=O)C2)ccc1C. The van der Waals surface area contributed by atoms with Crippen LogP contribution in [0.1, 0.15) is 24.0 Å². The van der Waals surface area contributed by atoms with E-state index in [2.05, 4.69) is 0 Å². The van der Waals surface area contributed by atoms with Crippen LogP contribution in [0.25, 0.3) is 0 Å². The monoisotopic (exact) mass is 290 g/mol. The van der Waals surface area contributed by atoms with E-state index in [1.807, 2.05) is 25.1 Å². The Morgan fingerprint density at radius 1 is 1.43 bits per heavy atom. The molecule has 1 aliphatic heterocycles. The topological polar surface area (TPSA) is 72.6 Å². The Kier molecular flexibility index (Phi) is 4.83. The van der Waals surface area contributed by atoms with E-state index in [0.29, 0.717) is 19.5 Å². The first-order valence-corrected chi connectivity index (χ1v) is 7.22. The number of amides is 2. The van der Waals surface area contributed by atoms with Crippen molar-refractivity contribution in [3.05, 3.63) is 29.3 Å². The summed E-state index contributed by atoms with van der Waals surface area (Å²) in [4.78, 5) is 25.4. The zero-order chi connectivity index (χ0) is 15.4. The summed E-state index contributed by atoms with van der Waals surface area (Å²) >= 11 is 0. The molecule has 2 N–H and O–H groups in total. The van der Waals surface area contributed by atoms with Gasteiger partial charge in [-0.3, -0.25) is 9.59 Å². The van der Waals surface area contributed by atoms with Gasteiger partial charge in [-0.2, -0.15) is 0 Å². The molecule has 0 aliphatic carbocycles. The molecule has 1 aromatic rings. The van der Waals surface area contributed by atoms with Gasteiger partial charge < -0.3 is 15.4 Å². The minimum atomic E-state index is -0.315. The van der Waals surface area contributed by atoms with Crippen molar-refractivity contribution in [2.24, 2.45) is 11.7 Å². The molecule has 21 heavy (non-hydrogen) atoms. The molecule has 5 heteroatoms. The van der Waals surface area contributed by atoms with E-state index in [0.717, 1.165) is 29.7 Å². The summed E-state index contributed by atoms with van der Waals surface area (Å²) in [6.45, 7) is 3.11. The molecule has 2 rings (SSSR count). The summed E-state index contributed by atoms with van der Waals surface area (Å²) in [6, 6.07) is 5.78. The molecule has 1 aromatic carbocycles. The molecule has 0 unspecified atom stereocenters. The van der Waals surface area contributed by atoms with Gasteiger partial charge in [-0.1, -0.05) is 12.1 Å². The lowest BCUT2D eigenvalue weighted by Crippen LogP contribution is -2.44. The smallest absolute Gasteiger partial charge is 0.227 e. The second-order valence-corrected chi connectivity index (χ2v) is 5.56. The lowest BCUT2D eigenvalue weighted by molar-refractivity contribution is -0.134. The first-order chi connectivity index (χ1) is 10.0. The summed E-state index contributed by atoms with van der Waals surface area (Å²) in [7, 11) is 1.62. The number of carbonyl (C=O) groups excluding carboxylic acids is 2. The summed E-state index contributed by atoms with van der Waals surface area (Å²) in [5.74, 6) is 0.292. The highest BCUT2D eigenvalue weighted by Crippen LogP contribution is 2.21. The van der Waals surface area contributed by atoms with E-state index in [1.54, 1.807) is 12.0 Å². The Labute approximate surface area is 125 Å². The second kappa shape index (κ2) is 6.61. The van der Waals surface area contributed by atoms with E-state index >= 15 is 0 Å². The number of nitrogens with two attached hydrogens (primary N) is 1. The van der Waals surface area contributed by atoms with Gasteiger partial charge in [0.15, 0.2) is 0 Å². The fourth-order valence-corrected chi connectivity index (χ4v) is 2.70. The van der Waals surface area contributed by atoms with Crippen LogP contribution in [0.2, 0.25) is 0 Å². The largest absolute Gasteiger partial charge is 0.496 e. The molecule has 1 saturated heterocycles. The van der Waals surface area contributed by atoms with Crippen molar-refractivity contribution in [2.75, 3.05) is 20.2 Å². The van der Waals surface area contributed by atoms with Gasteiger partial charge in [-0.05, 0) is 37.0 Å². The van der Waals surface area contributed by atoms with Crippen molar-refractivity contribution < 1.29 is 14.3 Å². The summed E-state index contributed by atoms with van der Waals surface area (Å²) in [5.41, 5.74) is 7.31. The maximum atomic E-state index is 12.4. The fourth-order valence-electron chi connectivity index (χ4n) is 2.70. The lowest BCUT2D eigenvalue weighted by atomic mass is 9.97. The first kappa shape index (κ1) is 15.4. The van der Waals surface area contributed by atoms with Crippen molar-refractivity contribution in [3.8, 4) is 5.75 Å². The number of carbonyl (C=O) groups is 2. The van der Waals surface area contributed by atoms with E-state index < -0.39 is 0 Å². The molecule has 1 aliphatic rings. The zero-order valence-electron chi connectivity index (χ0n) is 12.6. The van der Waals surface area contributed by atoms with E-state index in [4.69, 9.17) is 10.5 Å². The van der Waals surface area contributed by atoms with Gasteiger partial charge in [0.2, 0.25) is 11.8 Å². The number of ether oxygens (including phenoxy) is 1. The number of primary amides is 1. The third kappa shape index (κ3) is 3.74. The predicted molar refractivity (Wildman–Crippen MR) is 79.9 cm³/mol. The van der Waals surface area contributed by atoms with Gasteiger partial charge in [0.1, 0.15) is 5.75 Å². The Morgan fingerprint density at radius 2 is 2.19 bits per heavy atom. The number of benzene rings is 1. The van der Waals surface area contributed by atoms with Gasteiger partial charge in [-0.15, -0.1) is 0 Å². The Hall–Kier alpha value is -2.04. The van der Waals surface area contributed by atoms with Crippen LogP contribution in [-0.4, -0.2) is 36.9 Å². The zero-order valence-corrected chi connectivity index (χ0v) is 12.6. The number of nitrogens with zero attached hydrogens (tertiary/aromatic N) is 1. The van der Waals surface area contributed by atoms with Gasteiger partial charge in [0.25, 0.3) is 0 Å². The van der Waals surface area contributed by atoms with Crippen LogP contribution in [0.15, 0.2) is 18.2 Å². The molecule has 0 aromatic heterocycles. The predicted octanol–water partition coefficient (Wildman–Crippen LogP) is 1.27. The molecule has 5 nitrogen and oxygen atoms in total. The van der Waals surface area contributed by atoms with E-state index in [-0.39, 0.29) is 17.7 Å². The molecule has 1 atom stereocenters. The molecule has 2 amide bonds. The molecular weight excluding hydrogens is 268 g/mol. The third-order valence-electron chi connectivity index (χ3n) is 4.00. The maximum Gasteiger partial charge on any atom is 0.227 e. The number of rotatable bonds is 4. The van der Waals surface area contributed by atoms with Crippen molar-refractivity contribution in [3.63, 3.8) is 0 Å². The quantitative estimate of drug-likeness (QED) is 0.907. The van der Waals surface area contributed by atoms with Crippen molar-refractivity contribution in [1.29, 1.82) is 0 Å². The number of hydrogen-bond acceptors (Lipinski definition) is 3. The number of hydrogen-bond donors (Lipinski definition) is 1. The van der Waals surface area contributed by atoms with Crippen LogP contribution in [0.4, 0.5) is 0 Å². The average Bonchev–Trinajstić information content (AvgIpc) is 2.49. The highest BCUT2D eigenvalue weighted by molar-refractivity contribution is 5.81. The van der Waals surface area contributed by atoms with Crippen LogP contribution in [0.5, 0.6) is 5.75 Å². The Balaban J connectivity index is 2.02. The molecule has 1 fully saturated rings. The number of methoxy groups -OCH3 is 1. The fraction of sp³-hybridized carbons (Fsp3) is 0.500. The second-order valence-electron chi connectivity index (χ2n) is 5.56. The average molecular weight is 290 g/mol. The maximum absolute atomic E-state index is 12.4. The van der Waals surface area contributed by atoms with Crippen molar-refractivity contribution in [1.82, 2.24) is 4.90 Å². The van der Waals surface area contributed by atoms with Crippen LogP contribution in [0, 0.1) is 12.8 Å². The van der Waals surface area contributed by atoms with Crippen molar-refractivity contribution >= 4 is 11.8 Å². The molecule has 0 bridgehead atoms. The van der Waals surface area contributed by atoms with Gasteiger partial charge in [-0.25, -0.2) is 0 Å². The van der Waals surface area contributed by atoms with E-state index in [1.165, 1.54) is 0 Å². The minimum Gasteiger partial charge on any atom is -0.496 e. The number of aryl methyl sites for hydroxylation is 1. The molecule has 114 valence electrons. The summed E-state index contributed by atoms with van der Waals surface area (Å²) in [6.07, 6.45) is 1.93. The van der Waals surface area contributed by atoms with E-state index in [9.17, 15) is 9.59 Å². The van der Waals surface area contributed by atoms with Crippen LogP contribution >= 0.6 is 0 Å². The lowest BCUT2D eigenvalue weighted by Gasteiger charge is -2.31. The van der Waals surface area contributed by atoms with Crippen LogP contribution in [-0.2, 0) is 16.0 Å². The van der Waals surface area contributed by atoms with Crippen molar-refractivity contribution in [2.45, 2.75) is 26.2 Å². The molecule has 0 radical (unpaired) electrons. The first-order valence-electron chi connectivity index (χ1n) is 7.22. The number of likely N-dealkylation sites (tertiary alicyclic amines) is 1.